The highest BCUT2D eigenvalue weighted by Crippen LogP contribution is 2.36. The van der Waals surface area contributed by atoms with Gasteiger partial charge in [-0.3, -0.25) is 9.59 Å². The van der Waals surface area contributed by atoms with Crippen molar-refractivity contribution in [2.45, 2.75) is 51.4 Å². The molecule has 180 valence electrons. The topological polar surface area (TPSA) is 87.3 Å². The number of anilines is 1. The molecule has 0 fully saturated rings. The summed E-state index contributed by atoms with van der Waals surface area (Å²) in [7, 11) is -1.94. The van der Waals surface area contributed by atoms with Gasteiger partial charge in [-0.05, 0) is 41.9 Å². The maximum atomic E-state index is 13.5. The number of halogens is 1. The van der Waals surface area contributed by atoms with Crippen molar-refractivity contribution in [3.8, 4) is 0 Å². The summed E-state index contributed by atoms with van der Waals surface area (Å²) in [5.74, 6) is -0.478. The van der Waals surface area contributed by atoms with Crippen LogP contribution in [0.2, 0.25) is 23.3 Å². The normalized spacial score (nSPS) is 16.6. The first-order chi connectivity index (χ1) is 16.0. The lowest BCUT2D eigenvalue weighted by Gasteiger charge is -2.38. The highest BCUT2D eigenvalue weighted by molar-refractivity contribution is 6.74. The first kappa shape index (κ1) is 24.4. The summed E-state index contributed by atoms with van der Waals surface area (Å²) in [5, 5.41) is 4.15. The van der Waals surface area contributed by atoms with Gasteiger partial charge in [-0.25, -0.2) is 4.98 Å². The number of hydrogen-bond acceptors (Lipinski definition) is 4. The average molecular weight is 499 g/mol. The van der Waals surface area contributed by atoms with Crippen LogP contribution in [0.25, 0.3) is 10.9 Å². The van der Waals surface area contributed by atoms with Gasteiger partial charge in [0, 0.05) is 24.0 Å². The number of nitrogens with zero attached hydrogens (tertiary/aromatic N) is 2. The van der Waals surface area contributed by atoms with Crippen LogP contribution in [-0.4, -0.2) is 49.3 Å². The van der Waals surface area contributed by atoms with E-state index in [0.29, 0.717) is 35.9 Å². The number of nitrogens with one attached hydrogen (secondary N) is 2. The van der Waals surface area contributed by atoms with Crippen LogP contribution in [-0.2, 0) is 15.6 Å². The second-order valence-electron chi connectivity index (χ2n) is 10.2. The molecule has 0 aliphatic carbocycles. The number of carbonyl (C=O) groups is 2. The van der Waals surface area contributed by atoms with Crippen LogP contribution in [0.4, 0.5) is 5.69 Å². The third kappa shape index (κ3) is 4.89. The van der Waals surface area contributed by atoms with Gasteiger partial charge in [0.15, 0.2) is 8.32 Å². The van der Waals surface area contributed by atoms with E-state index in [4.69, 9.17) is 16.0 Å². The van der Waals surface area contributed by atoms with E-state index < -0.39 is 14.4 Å². The number of fused-ring (bicyclic) bond motifs is 2. The Morgan fingerprint density at radius 3 is 2.76 bits per heavy atom. The number of H-pyrrole nitrogens is 1. The van der Waals surface area contributed by atoms with E-state index in [1.165, 1.54) is 0 Å². The Morgan fingerprint density at radius 1 is 1.29 bits per heavy atom. The Kier molecular flexibility index (Phi) is 6.59. The van der Waals surface area contributed by atoms with Crippen molar-refractivity contribution in [3.63, 3.8) is 0 Å². The molecule has 0 saturated carbocycles. The molecule has 2 amide bonds. The standard InChI is InChI=1S/C25H31ClN4O3Si/c1-25(2,3)34(4,5)33-11-10-30-21-9-7-6-8-16(21)12-19(24(30)32)29-23(31)18-13-17-14-22(26)27-15-20(17)28-18/h6-9,13-15,19,28H,10-12H2,1-5H3,(H,29,31)/t19-/m0/s1. The minimum Gasteiger partial charge on any atom is -0.415 e. The monoisotopic (exact) mass is 498 g/mol. The van der Waals surface area contributed by atoms with E-state index in [-0.39, 0.29) is 16.9 Å². The summed E-state index contributed by atoms with van der Waals surface area (Å²) < 4.78 is 6.32. The fourth-order valence-electron chi connectivity index (χ4n) is 3.88. The number of aromatic amines is 1. The molecule has 7 nitrogen and oxygen atoms in total. The van der Waals surface area contributed by atoms with E-state index >= 15 is 0 Å². The van der Waals surface area contributed by atoms with Crippen molar-refractivity contribution in [3.05, 3.63) is 59.0 Å². The first-order valence-corrected chi connectivity index (χ1v) is 14.7. The van der Waals surface area contributed by atoms with Crippen LogP contribution >= 0.6 is 11.6 Å². The van der Waals surface area contributed by atoms with Gasteiger partial charge >= 0.3 is 0 Å². The van der Waals surface area contributed by atoms with E-state index in [1.54, 1.807) is 23.2 Å². The summed E-state index contributed by atoms with van der Waals surface area (Å²) >= 11 is 5.96. The lowest BCUT2D eigenvalue weighted by Crippen LogP contribution is -2.54. The summed E-state index contributed by atoms with van der Waals surface area (Å²) in [6.45, 7) is 11.9. The van der Waals surface area contributed by atoms with E-state index in [1.807, 2.05) is 24.3 Å². The molecular formula is C25H31ClN4O3Si. The Morgan fingerprint density at radius 2 is 2.03 bits per heavy atom. The molecule has 9 heteroatoms. The van der Waals surface area contributed by atoms with Gasteiger partial charge in [0.25, 0.3) is 5.91 Å². The highest BCUT2D eigenvalue weighted by Gasteiger charge is 2.38. The summed E-state index contributed by atoms with van der Waals surface area (Å²) in [6.07, 6.45) is 2.02. The third-order valence-electron chi connectivity index (χ3n) is 6.88. The number of hydrogen-bond donors (Lipinski definition) is 2. The predicted octanol–water partition coefficient (Wildman–Crippen LogP) is 4.93. The highest BCUT2D eigenvalue weighted by atomic mass is 35.5. The molecule has 3 heterocycles. The molecule has 0 radical (unpaired) electrons. The second-order valence-corrected chi connectivity index (χ2v) is 15.4. The number of benzene rings is 1. The van der Waals surface area contributed by atoms with Gasteiger partial charge in [0.05, 0.1) is 18.3 Å². The molecule has 4 rings (SSSR count). The van der Waals surface area contributed by atoms with E-state index in [0.717, 1.165) is 16.6 Å². The molecule has 0 spiro atoms. The van der Waals surface area contributed by atoms with Crippen molar-refractivity contribution in [1.29, 1.82) is 0 Å². The van der Waals surface area contributed by atoms with Crippen molar-refractivity contribution in [2.75, 3.05) is 18.1 Å². The smallest absolute Gasteiger partial charge is 0.268 e. The molecule has 1 aliphatic heterocycles. The molecule has 2 aromatic heterocycles. The number of pyridine rings is 1. The predicted molar refractivity (Wildman–Crippen MR) is 138 cm³/mol. The van der Waals surface area contributed by atoms with E-state index in [9.17, 15) is 9.59 Å². The molecule has 1 aliphatic rings. The van der Waals surface area contributed by atoms with Gasteiger partial charge in [0.1, 0.15) is 16.9 Å². The molecule has 3 aromatic rings. The zero-order valence-corrected chi connectivity index (χ0v) is 22.0. The van der Waals surface area contributed by atoms with Gasteiger partial charge in [-0.1, -0.05) is 50.6 Å². The lowest BCUT2D eigenvalue weighted by atomic mass is 9.97. The minimum atomic E-state index is -1.94. The quantitative estimate of drug-likeness (QED) is 0.373. The van der Waals surface area contributed by atoms with Crippen LogP contribution in [0.5, 0.6) is 0 Å². The molecule has 0 saturated heterocycles. The zero-order valence-electron chi connectivity index (χ0n) is 20.2. The second kappa shape index (κ2) is 9.17. The van der Waals surface area contributed by atoms with Crippen molar-refractivity contribution >= 4 is 48.3 Å². The molecular weight excluding hydrogens is 468 g/mol. The fraction of sp³-hybridized carbons (Fsp3) is 0.400. The minimum absolute atomic E-state index is 0.0899. The number of para-hydroxylation sites is 1. The molecule has 0 bridgehead atoms. The lowest BCUT2D eigenvalue weighted by molar-refractivity contribution is -0.120. The molecule has 0 unspecified atom stereocenters. The maximum absolute atomic E-state index is 13.5. The first-order valence-electron chi connectivity index (χ1n) is 11.4. The van der Waals surface area contributed by atoms with Crippen LogP contribution in [0.15, 0.2) is 42.6 Å². The van der Waals surface area contributed by atoms with Crippen molar-refractivity contribution in [1.82, 2.24) is 15.3 Å². The number of amides is 2. The average Bonchev–Trinajstić information content (AvgIpc) is 3.18. The van der Waals surface area contributed by atoms with E-state index in [2.05, 4.69) is 49.1 Å². The van der Waals surface area contributed by atoms with Crippen LogP contribution < -0.4 is 10.2 Å². The van der Waals surface area contributed by atoms with Crippen molar-refractivity contribution < 1.29 is 14.0 Å². The molecule has 1 atom stereocenters. The maximum Gasteiger partial charge on any atom is 0.268 e. The largest absolute Gasteiger partial charge is 0.415 e. The van der Waals surface area contributed by atoms with Gasteiger partial charge in [-0.2, -0.15) is 0 Å². The summed E-state index contributed by atoms with van der Waals surface area (Å²) in [4.78, 5) is 35.3. The van der Waals surface area contributed by atoms with Gasteiger partial charge in [-0.15, -0.1) is 0 Å². The van der Waals surface area contributed by atoms with Crippen LogP contribution in [0.1, 0.15) is 36.8 Å². The third-order valence-corrected chi connectivity index (χ3v) is 11.6. The Labute approximate surface area is 206 Å². The molecule has 34 heavy (non-hydrogen) atoms. The number of carbonyl (C=O) groups excluding carboxylic acids is 2. The van der Waals surface area contributed by atoms with Gasteiger partial charge < -0.3 is 19.6 Å². The summed E-state index contributed by atoms with van der Waals surface area (Å²) in [5.41, 5.74) is 2.97. The molecule has 1 aromatic carbocycles. The summed E-state index contributed by atoms with van der Waals surface area (Å²) in [6, 6.07) is 10.6. The fourth-order valence-corrected chi connectivity index (χ4v) is 5.08. The van der Waals surface area contributed by atoms with Crippen LogP contribution in [0, 0.1) is 0 Å². The number of aromatic nitrogens is 2. The molecule has 2 N–H and O–H groups in total. The Hall–Kier alpha value is -2.68. The van der Waals surface area contributed by atoms with Crippen LogP contribution in [0.3, 0.4) is 0 Å². The number of rotatable bonds is 6. The Balaban J connectivity index is 1.51. The van der Waals surface area contributed by atoms with Gasteiger partial charge in [0.2, 0.25) is 5.91 Å². The zero-order chi connectivity index (χ0) is 24.7. The van der Waals surface area contributed by atoms with Crippen molar-refractivity contribution in [2.24, 2.45) is 0 Å². The Bertz CT molecular complexity index is 1230. The SMILES string of the molecule is CC(C)(C)[Si](C)(C)OCCN1C(=O)[C@@H](NC(=O)c2cc3cc(Cl)ncc3[nH]2)Cc2ccccc21.